The Morgan fingerprint density at radius 2 is 2.00 bits per heavy atom. The minimum Gasteiger partial charge on any atom is -0.361 e. The molecule has 0 radical (unpaired) electrons. The third-order valence-corrected chi connectivity index (χ3v) is 3.83. The highest BCUT2D eigenvalue weighted by atomic mass is 19.1. The Morgan fingerprint density at radius 1 is 1.13 bits per heavy atom. The molecule has 1 aliphatic rings. The van der Waals surface area contributed by atoms with Gasteiger partial charge in [0.25, 0.3) is 5.91 Å². The minimum atomic E-state index is -0.469. The number of nitrogens with one attached hydrogen (secondary N) is 2. The number of carbonyl (C=O) groups excluding carboxylic acids is 1. The molecule has 23 heavy (non-hydrogen) atoms. The number of amides is 1. The molecule has 0 aliphatic carbocycles. The highest BCUT2D eigenvalue weighted by Crippen LogP contribution is 2.27. The number of imidazole rings is 1. The van der Waals surface area contributed by atoms with E-state index in [9.17, 15) is 9.18 Å². The van der Waals surface area contributed by atoms with Gasteiger partial charge in [-0.2, -0.15) is 0 Å². The van der Waals surface area contributed by atoms with Crippen molar-refractivity contribution in [2.24, 2.45) is 0 Å². The standard InChI is InChI=1S/C17H13FN4O/c18-13-9-11(5-6-15(13)22-8-7-19-10-22)16-20-14-4-2-1-3-12(14)17(23)21-16/h1-10,16,20H,(H,21,23). The molecule has 2 N–H and O–H groups in total. The fourth-order valence-corrected chi connectivity index (χ4v) is 2.69. The molecule has 6 heteroatoms. The summed E-state index contributed by atoms with van der Waals surface area (Å²) in [6.07, 6.45) is 4.33. The molecular formula is C17H13FN4O. The van der Waals surface area contributed by atoms with Gasteiger partial charge in [0.2, 0.25) is 0 Å². The van der Waals surface area contributed by atoms with Crippen molar-refractivity contribution in [2.45, 2.75) is 6.17 Å². The van der Waals surface area contributed by atoms with Crippen LogP contribution in [0.3, 0.4) is 0 Å². The number of aromatic nitrogens is 2. The Labute approximate surface area is 131 Å². The molecule has 2 aromatic carbocycles. The van der Waals surface area contributed by atoms with E-state index >= 15 is 0 Å². The maximum atomic E-state index is 14.4. The molecule has 0 fully saturated rings. The highest BCUT2D eigenvalue weighted by Gasteiger charge is 2.24. The van der Waals surface area contributed by atoms with Gasteiger partial charge in [-0.15, -0.1) is 0 Å². The molecule has 3 aromatic rings. The van der Waals surface area contributed by atoms with Crippen molar-refractivity contribution < 1.29 is 9.18 Å². The van der Waals surface area contributed by atoms with Crippen LogP contribution in [-0.4, -0.2) is 15.5 Å². The summed E-state index contributed by atoms with van der Waals surface area (Å²) in [6.45, 7) is 0. The van der Waals surface area contributed by atoms with E-state index in [2.05, 4.69) is 15.6 Å². The second kappa shape index (κ2) is 5.24. The minimum absolute atomic E-state index is 0.177. The van der Waals surface area contributed by atoms with Gasteiger partial charge >= 0.3 is 0 Å². The van der Waals surface area contributed by atoms with E-state index in [4.69, 9.17) is 0 Å². The number of anilines is 1. The second-order valence-electron chi connectivity index (χ2n) is 5.28. The first kappa shape index (κ1) is 13.5. The first-order valence-electron chi connectivity index (χ1n) is 7.16. The third kappa shape index (κ3) is 2.34. The number of benzene rings is 2. The maximum absolute atomic E-state index is 14.4. The summed E-state index contributed by atoms with van der Waals surface area (Å²) in [5, 5.41) is 6.04. The number of carbonyl (C=O) groups is 1. The summed E-state index contributed by atoms with van der Waals surface area (Å²) >= 11 is 0. The maximum Gasteiger partial charge on any atom is 0.255 e. The summed E-state index contributed by atoms with van der Waals surface area (Å²) in [5.74, 6) is -0.557. The molecule has 1 unspecified atom stereocenters. The second-order valence-corrected chi connectivity index (χ2v) is 5.28. The van der Waals surface area contributed by atoms with Gasteiger partial charge in [-0.25, -0.2) is 9.37 Å². The summed E-state index contributed by atoms with van der Waals surface area (Å²) in [4.78, 5) is 16.1. The Kier molecular flexibility index (Phi) is 3.08. The number of para-hydroxylation sites is 1. The number of halogens is 1. The fourth-order valence-electron chi connectivity index (χ4n) is 2.69. The molecule has 0 saturated heterocycles. The van der Waals surface area contributed by atoms with Crippen LogP contribution >= 0.6 is 0 Å². The molecule has 1 atom stereocenters. The van der Waals surface area contributed by atoms with E-state index in [0.29, 0.717) is 16.8 Å². The number of nitrogens with zero attached hydrogens (tertiary/aromatic N) is 2. The van der Waals surface area contributed by atoms with Gasteiger partial charge in [0.15, 0.2) is 0 Å². The van der Waals surface area contributed by atoms with E-state index < -0.39 is 6.17 Å². The average Bonchev–Trinajstić information content (AvgIpc) is 3.09. The number of hydrogen-bond donors (Lipinski definition) is 2. The van der Waals surface area contributed by atoms with E-state index in [1.165, 1.54) is 12.4 Å². The van der Waals surface area contributed by atoms with Crippen LogP contribution in [-0.2, 0) is 0 Å². The van der Waals surface area contributed by atoms with Crippen molar-refractivity contribution in [3.05, 3.63) is 78.1 Å². The van der Waals surface area contributed by atoms with Crippen LogP contribution in [0.25, 0.3) is 5.69 Å². The van der Waals surface area contributed by atoms with Gasteiger partial charge in [-0.3, -0.25) is 4.79 Å². The topological polar surface area (TPSA) is 59.0 Å². The zero-order valence-corrected chi connectivity index (χ0v) is 12.0. The molecule has 0 bridgehead atoms. The van der Waals surface area contributed by atoms with Crippen molar-refractivity contribution in [3.8, 4) is 5.69 Å². The van der Waals surface area contributed by atoms with Gasteiger partial charge in [0.1, 0.15) is 12.0 Å². The molecular weight excluding hydrogens is 295 g/mol. The van der Waals surface area contributed by atoms with E-state index in [-0.39, 0.29) is 11.7 Å². The SMILES string of the molecule is O=C1NC(c2ccc(-n3ccnc3)c(F)c2)Nc2ccccc21. The average molecular weight is 308 g/mol. The normalized spacial score (nSPS) is 16.4. The van der Waals surface area contributed by atoms with Gasteiger partial charge in [0, 0.05) is 18.1 Å². The Hall–Kier alpha value is -3.15. The molecule has 5 nitrogen and oxygen atoms in total. The summed E-state index contributed by atoms with van der Waals surface area (Å²) in [5.41, 5.74) is 2.38. The Bertz CT molecular complexity index is 876. The first-order valence-corrected chi connectivity index (χ1v) is 7.16. The number of fused-ring (bicyclic) bond motifs is 1. The molecule has 1 aliphatic heterocycles. The van der Waals surface area contributed by atoms with Gasteiger partial charge in [-0.05, 0) is 29.8 Å². The molecule has 0 spiro atoms. The van der Waals surface area contributed by atoms with Crippen LogP contribution < -0.4 is 10.6 Å². The largest absolute Gasteiger partial charge is 0.361 e. The van der Waals surface area contributed by atoms with Crippen LogP contribution in [0, 0.1) is 5.82 Å². The van der Waals surface area contributed by atoms with Crippen LogP contribution in [0.2, 0.25) is 0 Å². The molecule has 4 rings (SSSR count). The van der Waals surface area contributed by atoms with Crippen molar-refractivity contribution in [1.29, 1.82) is 0 Å². The Morgan fingerprint density at radius 3 is 2.78 bits per heavy atom. The fraction of sp³-hybridized carbons (Fsp3) is 0.0588. The lowest BCUT2D eigenvalue weighted by Gasteiger charge is -2.28. The zero-order chi connectivity index (χ0) is 15.8. The Balaban J connectivity index is 1.67. The smallest absolute Gasteiger partial charge is 0.255 e. The predicted molar refractivity (Wildman–Crippen MR) is 83.8 cm³/mol. The van der Waals surface area contributed by atoms with E-state index in [1.54, 1.807) is 41.2 Å². The molecule has 1 amide bonds. The summed E-state index contributed by atoms with van der Waals surface area (Å²) in [6, 6.07) is 12.1. The monoisotopic (exact) mass is 308 g/mol. The summed E-state index contributed by atoms with van der Waals surface area (Å²) < 4.78 is 16.0. The van der Waals surface area contributed by atoms with Crippen molar-refractivity contribution in [2.75, 3.05) is 5.32 Å². The molecule has 2 heterocycles. The zero-order valence-electron chi connectivity index (χ0n) is 12.0. The van der Waals surface area contributed by atoms with Gasteiger partial charge in [0.05, 0.1) is 17.6 Å². The quantitative estimate of drug-likeness (QED) is 0.765. The highest BCUT2D eigenvalue weighted by molar-refractivity contribution is 6.01. The lowest BCUT2D eigenvalue weighted by atomic mass is 10.1. The van der Waals surface area contributed by atoms with Crippen LogP contribution in [0.15, 0.2) is 61.2 Å². The molecule has 114 valence electrons. The molecule has 1 aromatic heterocycles. The van der Waals surface area contributed by atoms with E-state index in [0.717, 1.165) is 5.69 Å². The van der Waals surface area contributed by atoms with Crippen LogP contribution in [0.5, 0.6) is 0 Å². The molecule has 0 saturated carbocycles. The van der Waals surface area contributed by atoms with Crippen molar-refractivity contribution >= 4 is 11.6 Å². The van der Waals surface area contributed by atoms with Crippen LogP contribution in [0.1, 0.15) is 22.1 Å². The van der Waals surface area contributed by atoms with Crippen molar-refractivity contribution in [1.82, 2.24) is 14.9 Å². The van der Waals surface area contributed by atoms with Gasteiger partial charge < -0.3 is 15.2 Å². The van der Waals surface area contributed by atoms with E-state index in [1.807, 2.05) is 12.1 Å². The van der Waals surface area contributed by atoms with Gasteiger partial charge in [-0.1, -0.05) is 18.2 Å². The predicted octanol–water partition coefficient (Wildman–Crippen LogP) is 2.87. The first-order chi connectivity index (χ1) is 11.2. The lowest BCUT2D eigenvalue weighted by molar-refractivity contribution is 0.0935. The van der Waals surface area contributed by atoms with Crippen molar-refractivity contribution in [3.63, 3.8) is 0 Å². The number of hydrogen-bond acceptors (Lipinski definition) is 3. The summed E-state index contributed by atoms with van der Waals surface area (Å²) in [7, 11) is 0. The lowest BCUT2D eigenvalue weighted by Crippen LogP contribution is -2.38. The number of rotatable bonds is 2. The van der Waals surface area contributed by atoms with Crippen LogP contribution in [0.4, 0.5) is 10.1 Å². The third-order valence-electron chi connectivity index (χ3n) is 3.83.